The molecule has 0 spiro atoms. The van der Waals surface area contributed by atoms with Crippen LogP contribution in [0.3, 0.4) is 0 Å². The number of nitrogens with one attached hydrogen (secondary N) is 1. The van der Waals surface area contributed by atoms with E-state index in [4.69, 9.17) is 29.9 Å². The highest BCUT2D eigenvalue weighted by molar-refractivity contribution is 5.89. The van der Waals surface area contributed by atoms with E-state index in [1.165, 1.54) is 12.3 Å². The Balaban J connectivity index is 1.64. The molecule has 4 N–H and O–H groups in total. The molecule has 2 heterocycles. The first-order chi connectivity index (χ1) is 17.2. The van der Waals surface area contributed by atoms with Gasteiger partial charge < -0.3 is 29.9 Å². The van der Waals surface area contributed by atoms with Crippen molar-refractivity contribution < 1.29 is 38.5 Å². The highest BCUT2D eigenvalue weighted by Crippen LogP contribution is 2.30. The Kier molecular flexibility index (Phi) is 8.97. The average Bonchev–Trinajstić information content (AvgIpc) is 3.26. The molecule has 1 aliphatic rings. The van der Waals surface area contributed by atoms with E-state index < -0.39 is 48.3 Å². The maximum absolute atomic E-state index is 12.6. The van der Waals surface area contributed by atoms with Gasteiger partial charge in [0.05, 0.1) is 5.56 Å². The summed E-state index contributed by atoms with van der Waals surface area (Å²) in [7, 11) is 0. The zero-order valence-electron chi connectivity index (χ0n) is 19.7. The Morgan fingerprint density at radius 1 is 1.28 bits per heavy atom. The largest absolute Gasteiger partial charge is 0.506 e. The second-order valence-electron chi connectivity index (χ2n) is 8.19. The molecule has 13 nitrogen and oxygen atoms in total. The standard InChI is InChI=1S/C23H28N4O9/c1-3-13(2)19(24)21(29)33-12-16-15(35-23(31)32)11-18(34-16)27-10-9-17(25-22(27)30)26-36-20(28)14-7-5-4-6-8-14/h4-10,13,15-16,18-19H,3,11-12,24H2,1-2H3,(H,31,32)(H,25,26,30)/t13-,15+,16-,18-,19-/m1/s1. The molecule has 2 aromatic rings. The Bertz CT molecular complexity index is 1120. The van der Waals surface area contributed by atoms with Crippen molar-refractivity contribution in [2.75, 3.05) is 12.1 Å². The number of rotatable bonds is 10. The predicted octanol–water partition coefficient (Wildman–Crippen LogP) is 1.69. The zero-order chi connectivity index (χ0) is 26.2. The van der Waals surface area contributed by atoms with E-state index in [0.29, 0.717) is 12.0 Å². The van der Waals surface area contributed by atoms with Gasteiger partial charge in [-0.2, -0.15) is 10.5 Å². The fourth-order valence-electron chi connectivity index (χ4n) is 3.44. The quantitative estimate of drug-likeness (QED) is 0.242. The van der Waals surface area contributed by atoms with E-state index in [0.717, 1.165) is 4.57 Å². The van der Waals surface area contributed by atoms with E-state index in [9.17, 15) is 19.2 Å². The molecule has 0 unspecified atom stereocenters. The van der Waals surface area contributed by atoms with E-state index >= 15 is 0 Å². The monoisotopic (exact) mass is 504 g/mol. The Labute approximate surface area is 206 Å². The van der Waals surface area contributed by atoms with Crippen LogP contribution in [0.5, 0.6) is 0 Å². The molecule has 36 heavy (non-hydrogen) atoms. The number of esters is 1. The fraction of sp³-hybridized carbons (Fsp3) is 0.435. The lowest BCUT2D eigenvalue weighted by atomic mass is 10.0. The molecule has 1 saturated heterocycles. The van der Waals surface area contributed by atoms with Crippen LogP contribution in [0.15, 0.2) is 47.4 Å². The number of hydrogen-bond donors (Lipinski definition) is 3. The third kappa shape index (κ3) is 6.79. The Morgan fingerprint density at radius 3 is 2.64 bits per heavy atom. The van der Waals surface area contributed by atoms with Gasteiger partial charge in [0.1, 0.15) is 31.1 Å². The van der Waals surface area contributed by atoms with E-state index in [1.54, 1.807) is 30.3 Å². The topological polar surface area (TPSA) is 181 Å². The molecular formula is C23H28N4O9. The van der Waals surface area contributed by atoms with Crippen molar-refractivity contribution in [2.24, 2.45) is 11.7 Å². The van der Waals surface area contributed by atoms with Crippen molar-refractivity contribution in [3.63, 3.8) is 0 Å². The third-order valence-corrected chi connectivity index (χ3v) is 5.75. The molecule has 3 rings (SSSR count). The van der Waals surface area contributed by atoms with Gasteiger partial charge in [0, 0.05) is 18.7 Å². The molecule has 5 atom stereocenters. The summed E-state index contributed by atoms with van der Waals surface area (Å²) >= 11 is 0. The lowest BCUT2D eigenvalue weighted by Gasteiger charge is -2.21. The summed E-state index contributed by atoms with van der Waals surface area (Å²) < 4.78 is 17.0. The molecule has 1 aromatic heterocycles. The van der Waals surface area contributed by atoms with Gasteiger partial charge in [0.25, 0.3) is 0 Å². The molecule has 0 radical (unpaired) electrons. The number of carbonyl (C=O) groups is 3. The summed E-state index contributed by atoms with van der Waals surface area (Å²) in [6, 6.07) is 8.75. The van der Waals surface area contributed by atoms with E-state index in [1.807, 2.05) is 13.8 Å². The minimum Gasteiger partial charge on any atom is -0.462 e. The average molecular weight is 504 g/mol. The van der Waals surface area contributed by atoms with Gasteiger partial charge in [-0.3, -0.25) is 9.36 Å². The SMILES string of the molecule is CC[C@@H](C)[C@@H](N)C(=O)OC[C@H]1O[C@@H](n2ccc(NOC(=O)c3ccccc3)nc2=O)C[C@@H]1OC(=O)O. The van der Waals surface area contributed by atoms with Crippen LogP contribution in [0.1, 0.15) is 43.3 Å². The van der Waals surface area contributed by atoms with Crippen molar-refractivity contribution in [1.82, 2.24) is 9.55 Å². The van der Waals surface area contributed by atoms with Crippen LogP contribution in [0.25, 0.3) is 0 Å². The van der Waals surface area contributed by atoms with Crippen molar-refractivity contribution in [1.29, 1.82) is 0 Å². The van der Waals surface area contributed by atoms with Crippen molar-refractivity contribution >= 4 is 23.9 Å². The van der Waals surface area contributed by atoms with Crippen LogP contribution in [0, 0.1) is 5.92 Å². The number of carbonyl (C=O) groups excluding carboxylic acids is 2. The summed E-state index contributed by atoms with van der Waals surface area (Å²) in [5, 5.41) is 9.06. The van der Waals surface area contributed by atoms with Crippen molar-refractivity contribution in [3.05, 3.63) is 58.6 Å². The van der Waals surface area contributed by atoms with Gasteiger partial charge in [-0.25, -0.2) is 14.4 Å². The summed E-state index contributed by atoms with van der Waals surface area (Å²) in [6.45, 7) is 3.39. The summed E-state index contributed by atoms with van der Waals surface area (Å²) in [5.74, 6) is -1.45. The molecule has 0 amide bonds. The molecular weight excluding hydrogens is 476 g/mol. The number of hydrogen-bond acceptors (Lipinski definition) is 11. The Morgan fingerprint density at radius 2 is 2.00 bits per heavy atom. The number of aromatic nitrogens is 2. The number of carboxylic acid groups (broad SMARTS) is 1. The van der Waals surface area contributed by atoms with Crippen LogP contribution in [0.4, 0.5) is 10.6 Å². The van der Waals surface area contributed by atoms with Gasteiger partial charge >= 0.3 is 23.8 Å². The number of nitrogens with zero attached hydrogens (tertiary/aromatic N) is 2. The predicted molar refractivity (Wildman–Crippen MR) is 124 cm³/mol. The minimum atomic E-state index is -1.54. The molecule has 13 heteroatoms. The van der Waals surface area contributed by atoms with Crippen molar-refractivity contribution in [2.45, 2.75) is 51.2 Å². The van der Waals surface area contributed by atoms with Crippen LogP contribution in [0.2, 0.25) is 0 Å². The van der Waals surface area contributed by atoms with Crippen LogP contribution in [-0.4, -0.2) is 57.6 Å². The van der Waals surface area contributed by atoms with Gasteiger partial charge in [0.2, 0.25) is 0 Å². The Hall–Kier alpha value is -3.97. The van der Waals surface area contributed by atoms with Gasteiger partial charge in [0.15, 0.2) is 5.82 Å². The second-order valence-corrected chi connectivity index (χ2v) is 8.19. The molecule has 1 fully saturated rings. The van der Waals surface area contributed by atoms with Gasteiger partial charge in [-0.15, -0.1) is 0 Å². The third-order valence-electron chi connectivity index (χ3n) is 5.75. The zero-order valence-corrected chi connectivity index (χ0v) is 19.7. The maximum atomic E-state index is 12.6. The van der Waals surface area contributed by atoms with E-state index in [-0.39, 0.29) is 24.8 Å². The first-order valence-corrected chi connectivity index (χ1v) is 11.3. The maximum Gasteiger partial charge on any atom is 0.506 e. The molecule has 0 saturated carbocycles. The lowest BCUT2D eigenvalue weighted by Crippen LogP contribution is -2.40. The van der Waals surface area contributed by atoms with E-state index in [2.05, 4.69) is 10.5 Å². The van der Waals surface area contributed by atoms with Gasteiger partial charge in [-0.1, -0.05) is 38.5 Å². The first-order valence-electron chi connectivity index (χ1n) is 11.3. The highest BCUT2D eigenvalue weighted by atomic mass is 16.7. The smallest absolute Gasteiger partial charge is 0.462 e. The molecule has 194 valence electrons. The molecule has 0 bridgehead atoms. The lowest BCUT2D eigenvalue weighted by molar-refractivity contribution is -0.153. The number of benzene rings is 1. The van der Waals surface area contributed by atoms with Crippen LogP contribution >= 0.6 is 0 Å². The summed E-state index contributed by atoms with van der Waals surface area (Å²) in [6.07, 6.45) is -2.46. The normalized spacial score (nSPS) is 20.7. The number of anilines is 1. The number of nitrogens with two attached hydrogens (primary N) is 1. The summed E-state index contributed by atoms with van der Waals surface area (Å²) in [5.41, 5.74) is 7.73. The minimum absolute atomic E-state index is 0.0245. The van der Waals surface area contributed by atoms with Crippen molar-refractivity contribution in [3.8, 4) is 0 Å². The molecule has 0 aliphatic carbocycles. The van der Waals surface area contributed by atoms with Crippen LogP contribution < -0.4 is 16.9 Å². The first kappa shape index (κ1) is 26.6. The molecule has 1 aromatic carbocycles. The highest BCUT2D eigenvalue weighted by Gasteiger charge is 2.40. The molecule has 1 aliphatic heterocycles. The second kappa shape index (κ2) is 12.1. The van der Waals surface area contributed by atoms with Crippen LogP contribution in [-0.2, 0) is 23.8 Å². The summed E-state index contributed by atoms with van der Waals surface area (Å²) in [4.78, 5) is 56.7. The number of ether oxygens (including phenoxy) is 3. The fourth-order valence-corrected chi connectivity index (χ4v) is 3.44. The van der Waals surface area contributed by atoms with Gasteiger partial charge in [-0.05, 0) is 18.1 Å².